The van der Waals surface area contributed by atoms with Gasteiger partial charge in [0, 0.05) is 23.0 Å². The Kier molecular flexibility index (Phi) is 3.94. The van der Waals surface area contributed by atoms with E-state index >= 15 is 0 Å². The van der Waals surface area contributed by atoms with Gasteiger partial charge in [0.25, 0.3) is 0 Å². The Morgan fingerprint density at radius 3 is 2.76 bits per heavy atom. The van der Waals surface area contributed by atoms with Crippen LogP contribution in [0.2, 0.25) is 0 Å². The van der Waals surface area contributed by atoms with Gasteiger partial charge in [-0.3, -0.25) is 4.79 Å². The lowest BCUT2D eigenvalue weighted by Gasteiger charge is -2.32. The first kappa shape index (κ1) is 12.7. The topological polar surface area (TPSA) is 56.0 Å². The lowest BCUT2D eigenvalue weighted by atomic mass is 9.79. The summed E-state index contributed by atoms with van der Waals surface area (Å²) >= 11 is 1.57. The summed E-state index contributed by atoms with van der Waals surface area (Å²) in [5, 5.41) is 2.91. The summed E-state index contributed by atoms with van der Waals surface area (Å²) in [6, 6.07) is 0. The number of aromatic nitrogens is 1. The van der Waals surface area contributed by atoms with Gasteiger partial charge in [0.1, 0.15) is 10.8 Å². The number of carbonyl (C=O) groups is 1. The summed E-state index contributed by atoms with van der Waals surface area (Å²) in [7, 11) is 0. The minimum Gasteiger partial charge on any atom is -0.325 e. The Bertz CT molecular complexity index is 394. The second kappa shape index (κ2) is 5.27. The number of nitrogens with two attached hydrogens (primary N) is 1. The largest absolute Gasteiger partial charge is 0.325 e. The average molecular weight is 252 g/mol. The number of hydrogen-bond donors (Lipinski definition) is 1. The average Bonchev–Trinajstić information content (AvgIpc) is 2.63. The molecule has 0 aliphatic heterocycles. The van der Waals surface area contributed by atoms with Crippen molar-refractivity contribution >= 4 is 17.1 Å². The van der Waals surface area contributed by atoms with Crippen LogP contribution in [0.25, 0.3) is 0 Å². The molecule has 0 aromatic carbocycles. The highest BCUT2D eigenvalue weighted by Crippen LogP contribution is 2.29. The molecule has 2 rings (SSSR count). The molecule has 1 fully saturated rings. The first-order valence-electron chi connectivity index (χ1n) is 6.29. The zero-order valence-corrected chi connectivity index (χ0v) is 11.2. The lowest BCUT2D eigenvalue weighted by molar-refractivity contribution is -0.119. The van der Waals surface area contributed by atoms with Crippen molar-refractivity contribution in [3.05, 3.63) is 16.1 Å². The van der Waals surface area contributed by atoms with E-state index in [9.17, 15) is 4.79 Å². The predicted molar refractivity (Wildman–Crippen MR) is 70.2 cm³/mol. The first-order chi connectivity index (χ1) is 8.07. The maximum absolute atomic E-state index is 12.0. The van der Waals surface area contributed by atoms with E-state index in [4.69, 9.17) is 5.73 Å². The van der Waals surface area contributed by atoms with Gasteiger partial charge in [0.15, 0.2) is 0 Å². The van der Waals surface area contributed by atoms with Crippen LogP contribution in [0.4, 0.5) is 0 Å². The Labute approximate surface area is 106 Å². The number of Topliss-reactive ketones (excluding diaryl/α,β-unsaturated/α-hetero) is 1. The summed E-state index contributed by atoms with van der Waals surface area (Å²) in [6.07, 6.45) is 6.56. The minimum absolute atomic E-state index is 0.234. The molecule has 0 amide bonds. The molecule has 0 saturated heterocycles. The summed E-state index contributed by atoms with van der Waals surface area (Å²) in [5.41, 5.74) is 7.04. The van der Waals surface area contributed by atoms with Crippen LogP contribution >= 0.6 is 11.3 Å². The molecule has 94 valence electrons. The Balaban J connectivity index is 1.88. The molecule has 0 atom stereocenters. The van der Waals surface area contributed by atoms with E-state index in [2.05, 4.69) is 4.98 Å². The van der Waals surface area contributed by atoms with Crippen molar-refractivity contribution in [3.8, 4) is 0 Å². The summed E-state index contributed by atoms with van der Waals surface area (Å²) in [5.74, 6) is 0.240. The van der Waals surface area contributed by atoms with E-state index in [0.717, 1.165) is 23.5 Å². The van der Waals surface area contributed by atoms with E-state index in [-0.39, 0.29) is 11.3 Å². The van der Waals surface area contributed by atoms with Gasteiger partial charge in [-0.05, 0) is 19.8 Å². The molecular formula is C13H20N2OS. The second-order valence-electron chi connectivity index (χ2n) is 5.20. The van der Waals surface area contributed by atoms with Gasteiger partial charge in [0.2, 0.25) is 0 Å². The van der Waals surface area contributed by atoms with E-state index in [1.165, 1.54) is 19.3 Å². The molecule has 0 bridgehead atoms. The van der Waals surface area contributed by atoms with Crippen molar-refractivity contribution in [3.63, 3.8) is 0 Å². The lowest BCUT2D eigenvalue weighted by Crippen LogP contribution is -2.43. The molecule has 0 unspecified atom stereocenters. The number of nitrogens with zero attached hydrogens (tertiary/aromatic N) is 1. The number of rotatable bonds is 4. The smallest absolute Gasteiger partial charge is 0.141 e. The third-order valence-corrected chi connectivity index (χ3v) is 4.38. The number of thiazole rings is 1. The predicted octanol–water partition coefficient (Wildman–Crippen LogP) is 2.61. The molecule has 1 aliphatic rings. The molecule has 1 aliphatic carbocycles. The van der Waals surface area contributed by atoms with Crippen LogP contribution < -0.4 is 5.73 Å². The van der Waals surface area contributed by atoms with Gasteiger partial charge in [0.05, 0.1) is 6.42 Å². The van der Waals surface area contributed by atoms with Crippen LogP contribution in [0.3, 0.4) is 0 Å². The second-order valence-corrected chi connectivity index (χ2v) is 6.14. The highest BCUT2D eigenvalue weighted by Gasteiger charge is 2.29. The van der Waals surface area contributed by atoms with Crippen LogP contribution in [0.5, 0.6) is 0 Å². The quantitative estimate of drug-likeness (QED) is 0.896. The molecule has 1 aromatic rings. The highest BCUT2D eigenvalue weighted by molar-refractivity contribution is 7.09. The molecule has 2 N–H and O–H groups in total. The summed E-state index contributed by atoms with van der Waals surface area (Å²) in [6.45, 7) is 1.95. The SMILES string of the molecule is Cc1csc(CC(=O)CC2(N)CCCCC2)n1. The molecule has 0 radical (unpaired) electrons. The van der Waals surface area contributed by atoms with Gasteiger partial charge < -0.3 is 5.73 Å². The normalized spacial score (nSPS) is 19.2. The standard InChI is InChI=1S/C13H20N2OS/c1-10-9-17-12(15-10)7-11(16)8-13(14)5-3-2-4-6-13/h9H,2-8,14H2,1H3. The highest BCUT2D eigenvalue weighted by atomic mass is 32.1. The third kappa shape index (κ3) is 3.61. The first-order valence-corrected chi connectivity index (χ1v) is 7.17. The van der Waals surface area contributed by atoms with Gasteiger partial charge in [-0.1, -0.05) is 19.3 Å². The maximum Gasteiger partial charge on any atom is 0.141 e. The fourth-order valence-electron chi connectivity index (χ4n) is 2.54. The van der Waals surface area contributed by atoms with Crippen molar-refractivity contribution in [1.82, 2.24) is 4.98 Å². The van der Waals surface area contributed by atoms with Gasteiger partial charge >= 0.3 is 0 Å². The molecule has 1 heterocycles. The Hall–Kier alpha value is -0.740. The Morgan fingerprint density at radius 2 is 2.18 bits per heavy atom. The molecular weight excluding hydrogens is 232 g/mol. The van der Waals surface area contributed by atoms with Crippen LogP contribution in [-0.2, 0) is 11.2 Å². The van der Waals surface area contributed by atoms with Gasteiger partial charge in [-0.15, -0.1) is 11.3 Å². The van der Waals surface area contributed by atoms with Gasteiger partial charge in [-0.2, -0.15) is 0 Å². The van der Waals surface area contributed by atoms with E-state index in [1.54, 1.807) is 11.3 Å². The van der Waals surface area contributed by atoms with Crippen LogP contribution in [-0.4, -0.2) is 16.3 Å². The number of ketones is 1. The number of hydrogen-bond acceptors (Lipinski definition) is 4. The van der Waals surface area contributed by atoms with E-state index in [1.807, 2.05) is 12.3 Å². The maximum atomic E-state index is 12.0. The number of aryl methyl sites for hydroxylation is 1. The summed E-state index contributed by atoms with van der Waals surface area (Å²) < 4.78 is 0. The van der Waals surface area contributed by atoms with Crippen molar-refractivity contribution in [2.45, 2.75) is 57.4 Å². The zero-order chi connectivity index (χ0) is 12.3. The van der Waals surface area contributed by atoms with Crippen molar-refractivity contribution in [2.24, 2.45) is 5.73 Å². The Morgan fingerprint density at radius 1 is 1.47 bits per heavy atom. The molecule has 1 aromatic heterocycles. The van der Waals surface area contributed by atoms with E-state index in [0.29, 0.717) is 12.8 Å². The fourth-order valence-corrected chi connectivity index (χ4v) is 3.34. The van der Waals surface area contributed by atoms with Crippen molar-refractivity contribution < 1.29 is 4.79 Å². The van der Waals surface area contributed by atoms with Crippen LogP contribution in [0.1, 0.15) is 49.2 Å². The van der Waals surface area contributed by atoms with Gasteiger partial charge in [-0.25, -0.2) is 4.98 Å². The molecule has 3 nitrogen and oxygen atoms in total. The molecule has 4 heteroatoms. The minimum atomic E-state index is -0.234. The molecule has 0 spiro atoms. The zero-order valence-electron chi connectivity index (χ0n) is 10.4. The fraction of sp³-hybridized carbons (Fsp3) is 0.692. The third-order valence-electron chi connectivity index (χ3n) is 3.41. The van der Waals surface area contributed by atoms with Crippen LogP contribution in [0.15, 0.2) is 5.38 Å². The molecule has 17 heavy (non-hydrogen) atoms. The summed E-state index contributed by atoms with van der Waals surface area (Å²) in [4.78, 5) is 16.3. The monoisotopic (exact) mass is 252 g/mol. The van der Waals surface area contributed by atoms with Crippen molar-refractivity contribution in [2.75, 3.05) is 0 Å². The van der Waals surface area contributed by atoms with E-state index < -0.39 is 0 Å². The van der Waals surface area contributed by atoms with Crippen molar-refractivity contribution in [1.29, 1.82) is 0 Å². The number of carbonyl (C=O) groups excluding carboxylic acids is 1. The van der Waals surface area contributed by atoms with Crippen LogP contribution in [0, 0.1) is 6.92 Å². The molecule has 1 saturated carbocycles.